The van der Waals surface area contributed by atoms with Gasteiger partial charge >= 0.3 is 6.03 Å². The third kappa shape index (κ3) is 3.25. The highest BCUT2D eigenvalue weighted by Gasteiger charge is 2.05. The van der Waals surface area contributed by atoms with Crippen molar-refractivity contribution >= 4 is 11.7 Å². The molecule has 0 radical (unpaired) electrons. The number of urea groups is 1. The van der Waals surface area contributed by atoms with Crippen LogP contribution in [0.15, 0.2) is 24.3 Å². The van der Waals surface area contributed by atoms with Gasteiger partial charge in [0.15, 0.2) is 0 Å². The predicted molar refractivity (Wildman–Crippen MR) is 62.1 cm³/mol. The first kappa shape index (κ1) is 11.5. The van der Waals surface area contributed by atoms with Crippen molar-refractivity contribution in [3.05, 3.63) is 29.8 Å². The lowest BCUT2D eigenvalue weighted by atomic mass is 10.1. The monoisotopic (exact) mass is 207 g/mol. The summed E-state index contributed by atoms with van der Waals surface area (Å²) in [6.07, 6.45) is 0.983. The molecule has 82 valence electrons. The SMILES string of the molecule is CNCCc1ccc(N(C)C(N)=O)cc1. The van der Waals surface area contributed by atoms with Gasteiger partial charge in [0.25, 0.3) is 0 Å². The maximum atomic E-state index is 10.9. The molecule has 3 N–H and O–H groups in total. The molecule has 0 bridgehead atoms. The number of nitrogens with one attached hydrogen (secondary N) is 1. The van der Waals surface area contributed by atoms with Crippen LogP contribution in [0, 0.1) is 0 Å². The second kappa shape index (κ2) is 5.36. The van der Waals surface area contributed by atoms with Crippen LogP contribution < -0.4 is 16.0 Å². The van der Waals surface area contributed by atoms with Gasteiger partial charge in [0.1, 0.15) is 0 Å². The van der Waals surface area contributed by atoms with Gasteiger partial charge < -0.3 is 11.1 Å². The topological polar surface area (TPSA) is 58.4 Å². The largest absolute Gasteiger partial charge is 0.351 e. The fourth-order valence-electron chi connectivity index (χ4n) is 1.28. The zero-order chi connectivity index (χ0) is 11.3. The summed E-state index contributed by atoms with van der Waals surface area (Å²) < 4.78 is 0. The van der Waals surface area contributed by atoms with Gasteiger partial charge in [-0.2, -0.15) is 0 Å². The Labute approximate surface area is 90.1 Å². The van der Waals surface area contributed by atoms with Crippen LogP contribution in [0.1, 0.15) is 5.56 Å². The Bertz CT molecular complexity index is 321. The molecule has 0 fully saturated rings. The normalized spacial score (nSPS) is 10.0. The van der Waals surface area contributed by atoms with E-state index in [2.05, 4.69) is 5.32 Å². The number of benzene rings is 1. The molecule has 15 heavy (non-hydrogen) atoms. The highest BCUT2D eigenvalue weighted by molar-refractivity contribution is 5.89. The van der Waals surface area contributed by atoms with E-state index in [4.69, 9.17) is 5.73 Å². The number of likely N-dealkylation sites (N-methyl/N-ethyl adjacent to an activating group) is 1. The Morgan fingerprint density at radius 3 is 2.47 bits per heavy atom. The highest BCUT2D eigenvalue weighted by atomic mass is 16.2. The number of hydrogen-bond acceptors (Lipinski definition) is 2. The van der Waals surface area contributed by atoms with Gasteiger partial charge in [-0.1, -0.05) is 12.1 Å². The second-order valence-corrected chi connectivity index (χ2v) is 3.42. The molecule has 2 amide bonds. The fraction of sp³-hybridized carbons (Fsp3) is 0.364. The number of rotatable bonds is 4. The van der Waals surface area contributed by atoms with Crippen molar-refractivity contribution in [3.63, 3.8) is 0 Å². The van der Waals surface area contributed by atoms with Crippen molar-refractivity contribution in [2.75, 3.05) is 25.5 Å². The average Bonchev–Trinajstić information content (AvgIpc) is 2.26. The Balaban J connectivity index is 2.67. The first-order valence-corrected chi connectivity index (χ1v) is 4.92. The number of nitrogens with zero attached hydrogens (tertiary/aromatic N) is 1. The Kier molecular flexibility index (Phi) is 4.12. The third-order valence-corrected chi connectivity index (χ3v) is 2.32. The predicted octanol–water partition coefficient (Wildman–Crippen LogP) is 0.963. The van der Waals surface area contributed by atoms with Crippen LogP contribution >= 0.6 is 0 Å². The summed E-state index contributed by atoms with van der Waals surface area (Å²) in [5, 5.41) is 3.09. The van der Waals surface area contributed by atoms with Crippen molar-refractivity contribution in [3.8, 4) is 0 Å². The van der Waals surface area contributed by atoms with Gasteiger partial charge in [-0.15, -0.1) is 0 Å². The lowest BCUT2D eigenvalue weighted by molar-refractivity contribution is 0.255. The second-order valence-electron chi connectivity index (χ2n) is 3.42. The van der Waals surface area contributed by atoms with Crippen LogP contribution in [-0.2, 0) is 6.42 Å². The van der Waals surface area contributed by atoms with Crippen LogP contribution in [0.4, 0.5) is 10.5 Å². The molecular weight excluding hydrogens is 190 g/mol. The van der Waals surface area contributed by atoms with Gasteiger partial charge in [0, 0.05) is 12.7 Å². The summed E-state index contributed by atoms with van der Waals surface area (Å²) in [4.78, 5) is 12.3. The van der Waals surface area contributed by atoms with Crippen molar-refractivity contribution < 1.29 is 4.79 Å². The standard InChI is InChI=1S/C11H17N3O/c1-13-8-7-9-3-5-10(6-4-9)14(2)11(12)15/h3-6,13H,7-8H2,1-2H3,(H2,12,15). The molecule has 0 atom stereocenters. The molecule has 1 aromatic carbocycles. The van der Waals surface area contributed by atoms with Crippen LogP contribution in [0.2, 0.25) is 0 Å². The van der Waals surface area contributed by atoms with E-state index in [0.717, 1.165) is 18.7 Å². The molecule has 0 aliphatic rings. The van der Waals surface area contributed by atoms with E-state index in [9.17, 15) is 4.79 Å². The van der Waals surface area contributed by atoms with Crippen molar-refractivity contribution in [2.24, 2.45) is 5.73 Å². The van der Waals surface area contributed by atoms with Gasteiger partial charge in [0.2, 0.25) is 0 Å². The van der Waals surface area contributed by atoms with E-state index in [0.29, 0.717) is 0 Å². The van der Waals surface area contributed by atoms with Gasteiger partial charge in [-0.25, -0.2) is 4.79 Å². The summed E-state index contributed by atoms with van der Waals surface area (Å²) in [5.41, 5.74) is 7.22. The molecule has 0 aromatic heterocycles. The minimum atomic E-state index is -0.446. The zero-order valence-electron chi connectivity index (χ0n) is 9.16. The van der Waals surface area contributed by atoms with Crippen molar-refractivity contribution in [1.29, 1.82) is 0 Å². The fourth-order valence-corrected chi connectivity index (χ4v) is 1.28. The molecule has 0 unspecified atom stereocenters. The van der Waals surface area contributed by atoms with E-state index >= 15 is 0 Å². The first-order valence-electron chi connectivity index (χ1n) is 4.92. The number of nitrogens with two attached hydrogens (primary N) is 1. The molecule has 0 spiro atoms. The summed E-state index contributed by atoms with van der Waals surface area (Å²) in [7, 11) is 3.58. The van der Waals surface area contributed by atoms with E-state index < -0.39 is 6.03 Å². The molecular formula is C11H17N3O. The Morgan fingerprint density at radius 2 is 2.00 bits per heavy atom. The molecule has 0 aliphatic heterocycles. The quantitative estimate of drug-likeness (QED) is 0.772. The summed E-state index contributed by atoms with van der Waals surface area (Å²) in [6, 6.07) is 7.36. The van der Waals surface area contributed by atoms with E-state index in [1.165, 1.54) is 10.5 Å². The molecule has 0 saturated heterocycles. The van der Waals surface area contributed by atoms with Crippen LogP contribution in [0.5, 0.6) is 0 Å². The number of amides is 2. The molecule has 1 aromatic rings. The number of carbonyl (C=O) groups is 1. The molecule has 0 aliphatic carbocycles. The number of hydrogen-bond donors (Lipinski definition) is 2. The lowest BCUT2D eigenvalue weighted by Gasteiger charge is -2.14. The minimum absolute atomic E-state index is 0.446. The van der Waals surface area contributed by atoms with Crippen LogP contribution in [-0.4, -0.2) is 26.7 Å². The van der Waals surface area contributed by atoms with Crippen molar-refractivity contribution in [2.45, 2.75) is 6.42 Å². The third-order valence-electron chi connectivity index (χ3n) is 2.32. The number of anilines is 1. The van der Waals surface area contributed by atoms with Crippen molar-refractivity contribution in [1.82, 2.24) is 5.32 Å². The van der Waals surface area contributed by atoms with Gasteiger partial charge in [-0.05, 0) is 37.7 Å². The smallest absolute Gasteiger partial charge is 0.318 e. The van der Waals surface area contributed by atoms with Crippen LogP contribution in [0.3, 0.4) is 0 Å². The van der Waals surface area contributed by atoms with E-state index in [-0.39, 0.29) is 0 Å². The maximum Gasteiger partial charge on any atom is 0.318 e. The lowest BCUT2D eigenvalue weighted by Crippen LogP contribution is -2.31. The highest BCUT2D eigenvalue weighted by Crippen LogP contribution is 2.13. The van der Waals surface area contributed by atoms with Crippen LogP contribution in [0.25, 0.3) is 0 Å². The average molecular weight is 207 g/mol. The van der Waals surface area contributed by atoms with E-state index in [1.807, 2.05) is 31.3 Å². The maximum absolute atomic E-state index is 10.9. The molecule has 4 heteroatoms. The van der Waals surface area contributed by atoms with Gasteiger partial charge in [0.05, 0.1) is 0 Å². The summed E-state index contributed by atoms with van der Waals surface area (Å²) in [5.74, 6) is 0. The number of primary amides is 1. The first-order chi connectivity index (χ1) is 7.15. The Hall–Kier alpha value is -1.55. The summed E-state index contributed by atoms with van der Waals surface area (Å²) >= 11 is 0. The summed E-state index contributed by atoms with van der Waals surface area (Å²) in [6.45, 7) is 0.949. The zero-order valence-corrected chi connectivity index (χ0v) is 9.16. The molecule has 1 rings (SSSR count). The molecule has 0 heterocycles. The van der Waals surface area contributed by atoms with E-state index in [1.54, 1.807) is 7.05 Å². The molecule has 0 saturated carbocycles. The Morgan fingerprint density at radius 1 is 1.40 bits per heavy atom. The number of carbonyl (C=O) groups excluding carboxylic acids is 1. The molecule has 4 nitrogen and oxygen atoms in total. The van der Waals surface area contributed by atoms with Gasteiger partial charge in [-0.3, -0.25) is 4.90 Å². The minimum Gasteiger partial charge on any atom is -0.351 e.